The first kappa shape index (κ1) is 12.6. The van der Waals surface area contributed by atoms with Crippen molar-refractivity contribution in [2.75, 3.05) is 13.7 Å². The van der Waals surface area contributed by atoms with Gasteiger partial charge in [0.25, 0.3) is 0 Å². The molecule has 0 aliphatic carbocycles. The Labute approximate surface area is 98.0 Å². The molecule has 1 unspecified atom stereocenters. The van der Waals surface area contributed by atoms with Crippen molar-refractivity contribution in [1.29, 1.82) is 0 Å². The van der Waals surface area contributed by atoms with Crippen LogP contribution < -0.4 is 10.1 Å². The van der Waals surface area contributed by atoms with Gasteiger partial charge in [-0.25, -0.2) is 0 Å². The summed E-state index contributed by atoms with van der Waals surface area (Å²) < 4.78 is 5.40. The highest BCUT2D eigenvalue weighted by Crippen LogP contribution is 2.20. The van der Waals surface area contributed by atoms with E-state index in [4.69, 9.17) is 11.2 Å². The summed E-state index contributed by atoms with van der Waals surface area (Å²) in [6.45, 7) is 2.68. The summed E-state index contributed by atoms with van der Waals surface area (Å²) in [6, 6.07) is 8.50. The Kier molecular flexibility index (Phi) is 5.45. The van der Waals surface area contributed by atoms with Crippen LogP contribution in [0.2, 0.25) is 0 Å². The topological polar surface area (TPSA) is 21.3 Å². The Morgan fingerprint density at radius 1 is 1.38 bits per heavy atom. The van der Waals surface area contributed by atoms with Gasteiger partial charge in [0, 0.05) is 12.5 Å². The van der Waals surface area contributed by atoms with E-state index in [1.165, 1.54) is 5.56 Å². The van der Waals surface area contributed by atoms with Crippen LogP contribution in [0.3, 0.4) is 0 Å². The molecule has 0 aromatic heterocycles. The van der Waals surface area contributed by atoms with E-state index >= 15 is 0 Å². The Balaban J connectivity index is 2.67. The minimum atomic E-state index is 0.326. The second kappa shape index (κ2) is 6.92. The molecule has 0 radical (unpaired) electrons. The van der Waals surface area contributed by atoms with Gasteiger partial charge in [-0.05, 0) is 38.1 Å². The van der Waals surface area contributed by atoms with Crippen LogP contribution in [0.1, 0.15) is 31.4 Å². The fourth-order valence-electron chi connectivity index (χ4n) is 1.67. The number of hydrogen-bond acceptors (Lipinski definition) is 2. The van der Waals surface area contributed by atoms with Crippen molar-refractivity contribution in [3.63, 3.8) is 0 Å². The smallest absolute Gasteiger partial charge is 0.119 e. The highest BCUT2D eigenvalue weighted by molar-refractivity contribution is 5.29. The number of rotatable bonds is 6. The number of terminal acetylenes is 1. The average Bonchev–Trinajstić information content (AvgIpc) is 2.32. The first-order valence-corrected chi connectivity index (χ1v) is 5.65. The molecule has 0 amide bonds. The minimum Gasteiger partial charge on any atom is -0.494 e. The summed E-state index contributed by atoms with van der Waals surface area (Å²) in [4.78, 5) is 0. The normalized spacial score (nSPS) is 11.8. The Morgan fingerprint density at radius 3 is 2.56 bits per heavy atom. The molecule has 0 bridgehead atoms. The van der Waals surface area contributed by atoms with Crippen LogP contribution in [0, 0.1) is 12.3 Å². The number of hydrogen-bond donors (Lipinski definition) is 1. The van der Waals surface area contributed by atoms with Crippen molar-refractivity contribution in [3.8, 4) is 18.1 Å². The zero-order valence-electron chi connectivity index (χ0n) is 9.99. The van der Waals surface area contributed by atoms with Crippen molar-refractivity contribution in [2.24, 2.45) is 0 Å². The highest BCUT2D eigenvalue weighted by atomic mass is 16.5. The molecule has 1 aromatic rings. The molecule has 2 nitrogen and oxygen atoms in total. The maximum absolute atomic E-state index is 5.40. The molecule has 0 spiro atoms. The van der Waals surface area contributed by atoms with Crippen LogP contribution in [0.15, 0.2) is 24.3 Å². The molecule has 1 rings (SSSR count). The van der Waals surface area contributed by atoms with Gasteiger partial charge in [0.05, 0.1) is 6.61 Å². The molecule has 1 N–H and O–H groups in total. The number of ether oxygens (including phenoxy) is 1. The predicted molar refractivity (Wildman–Crippen MR) is 67.5 cm³/mol. The largest absolute Gasteiger partial charge is 0.494 e. The number of benzene rings is 1. The first-order valence-electron chi connectivity index (χ1n) is 5.65. The molecule has 0 aliphatic rings. The van der Waals surface area contributed by atoms with Crippen molar-refractivity contribution in [3.05, 3.63) is 29.8 Å². The molecule has 1 atom stereocenters. The highest BCUT2D eigenvalue weighted by Gasteiger charge is 2.07. The van der Waals surface area contributed by atoms with Gasteiger partial charge in [-0.2, -0.15) is 0 Å². The lowest BCUT2D eigenvalue weighted by Crippen LogP contribution is -2.15. The maximum Gasteiger partial charge on any atom is 0.119 e. The summed E-state index contributed by atoms with van der Waals surface area (Å²) >= 11 is 0. The van der Waals surface area contributed by atoms with E-state index in [0.717, 1.165) is 18.6 Å². The van der Waals surface area contributed by atoms with E-state index in [0.29, 0.717) is 12.6 Å². The predicted octanol–water partition coefficient (Wildman–Crippen LogP) is 2.76. The lowest BCUT2D eigenvalue weighted by Gasteiger charge is -2.15. The quantitative estimate of drug-likeness (QED) is 0.740. The van der Waals surface area contributed by atoms with Crippen LogP contribution in [-0.2, 0) is 0 Å². The molecule has 16 heavy (non-hydrogen) atoms. The first-order chi connectivity index (χ1) is 7.81. The van der Waals surface area contributed by atoms with E-state index in [-0.39, 0.29) is 0 Å². The molecule has 0 saturated heterocycles. The zero-order chi connectivity index (χ0) is 11.8. The third kappa shape index (κ3) is 3.60. The Morgan fingerprint density at radius 2 is 2.06 bits per heavy atom. The third-order valence-electron chi connectivity index (χ3n) is 2.52. The fourth-order valence-corrected chi connectivity index (χ4v) is 1.67. The molecule has 0 aliphatic heterocycles. The summed E-state index contributed by atoms with van der Waals surface area (Å²) in [7, 11) is 1.96. The molecule has 0 heterocycles. The molecule has 0 saturated carbocycles. The van der Waals surface area contributed by atoms with E-state index in [9.17, 15) is 0 Å². The summed E-state index contributed by atoms with van der Waals surface area (Å²) in [6.07, 6.45) is 7.03. The second-order valence-corrected chi connectivity index (χ2v) is 3.59. The lowest BCUT2D eigenvalue weighted by molar-refractivity contribution is 0.340. The monoisotopic (exact) mass is 217 g/mol. The number of nitrogens with one attached hydrogen (secondary N) is 1. The summed E-state index contributed by atoms with van der Waals surface area (Å²) in [5.41, 5.74) is 1.25. The van der Waals surface area contributed by atoms with Gasteiger partial charge < -0.3 is 10.1 Å². The lowest BCUT2D eigenvalue weighted by atomic mass is 10.0. The van der Waals surface area contributed by atoms with Crippen LogP contribution in [-0.4, -0.2) is 13.7 Å². The molecule has 86 valence electrons. The van der Waals surface area contributed by atoms with Crippen molar-refractivity contribution >= 4 is 0 Å². The molecule has 1 aromatic carbocycles. The molecule has 2 heteroatoms. The maximum atomic E-state index is 5.40. The van der Waals surface area contributed by atoms with E-state index in [1.807, 2.05) is 26.1 Å². The van der Waals surface area contributed by atoms with Crippen molar-refractivity contribution < 1.29 is 4.74 Å². The van der Waals surface area contributed by atoms with Crippen LogP contribution >= 0.6 is 0 Å². The van der Waals surface area contributed by atoms with E-state index < -0.39 is 0 Å². The van der Waals surface area contributed by atoms with Crippen molar-refractivity contribution in [1.82, 2.24) is 5.32 Å². The van der Waals surface area contributed by atoms with Crippen LogP contribution in [0.5, 0.6) is 5.75 Å². The van der Waals surface area contributed by atoms with E-state index in [1.54, 1.807) is 0 Å². The minimum absolute atomic E-state index is 0.326. The third-order valence-corrected chi connectivity index (χ3v) is 2.52. The van der Waals surface area contributed by atoms with Gasteiger partial charge in [-0.1, -0.05) is 12.1 Å². The Hall–Kier alpha value is -1.46. The van der Waals surface area contributed by atoms with Gasteiger partial charge in [0.2, 0.25) is 0 Å². The van der Waals surface area contributed by atoms with Gasteiger partial charge in [-0.15, -0.1) is 12.3 Å². The molecular formula is C14H19NO. The zero-order valence-corrected chi connectivity index (χ0v) is 9.99. The van der Waals surface area contributed by atoms with Crippen LogP contribution in [0.4, 0.5) is 0 Å². The van der Waals surface area contributed by atoms with Gasteiger partial charge in [-0.3, -0.25) is 0 Å². The van der Waals surface area contributed by atoms with Crippen molar-refractivity contribution in [2.45, 2.75) is 25.8 Å². The Bertz CT molecular complexity index is 337. The SMILES string of the molecule is C#CCCC(NC)c1ccc(OCC)cc1. The van der Waals surface area contributed by atoms with Gasteiger partial charge in [0.1, 0.15) is 5.75 Å². The molecule has 0 fully saturated rings. The summed E-state index contributed by atoms with van der Waals surface area (Å²) in [5.74, 6) is 3.58. The van der Waals surface area contributed by atoms with Crippen LogP contribution in [0.25, 0.3) is 0 Å². The fraction of sp³-hybridized carbons (Fsp3) is 0.429. The molecular weight excluding hydrogens is 198 g/mol. The summed E-state index contributed by atoms with van der Waals surface area (Å²) in [5, 5.41) is 3.27. The second-order valence-electron chi connectivity index (χ2n) is 3.59. The van der Waals surface area contributed by atoms with E-state index in [2.05, 4.69) is 23.4 Å². The standard InChI is InChI=1S/C14H19NO/c1-4-6-7-14(15-3)12-8-10-13(11-9-12)16-5-2/h1,8-11,14-15H,5-7H2,2-3H3. The van der Waals surface area contributed by atoms with Gasteiger partial charge >= 0.3 is 0 Å². The van der Waals surface area contributed by atoms with Gasteiger partial charge in [0.15, 0.2) is 0 Å². The average molecular weight is 217 g/mol.